The predicted octanol–water partition coefficient (Wildman–Crippen LogP) is 0.585. The van der Waals surface area contributed by atoms with Crippen LogP contribution in [0.1, 0.15) is 42.9 Å². The number of aromatic nitrogens is 2. The van der Waals surface area contributed by atoms with Crippen molar-refractivity contribution in [1.82, 2.24) is 14.0 Å². The third-order valence-electron chi connectivity index (χ3n) is 4.14. The number of aryl methyl sites for hydroxylation is 1. The van der Waals surface area contributed by atoms with Gasteiger partial charge in [0.25, 0.3) is 17.4 Å². The molecular formula is C18H22N4O6S. The first kappa shape index (κ1) is 22.1. The minimum atomic E-state index is -0.808. The second kappa shape index (κ2) is 8.43. The largest absolute Gasteiger partial charge is 0.462 e. The van der Waals surface area contributed by atoms with Crippen LogP contribution in [0.15, 0.2) is 15.8 Å². The number of carbonyl (C=O) groups is 3. The van der Waals surface area contributed by atoms with Gasteiger partial charge in [0.1, 0.15) is 10.6 Å². The molecule has 0 fully saturated rings. The van der Waals surface area contributed by atoms with Crippen molar-refractivity contribution in [3.8, 4) is 0 Å². The first-order valence-corrected chi connectivity index (χ1v) is 9.43. The minimum absolute atomic E-state index is 0.0528. The number of nitrogens with zero attached hydrogens (tertiary/aromatic N) is 3. The lowest BCUT2D eigenvalue weighted by Crippen LogP contribution is -2.40. The second-order valence-electron chi connectivity index (χ2n) is 6.43. The molecule has 2 aromatic heterocycles. The summed E-state index contributed by atoms with van der Waals surface area (Å²) >= 11 is 0.916. The highest BCUT2D eigenvalue weighted by molar-refractivity contribution is 7.18. The van der Waals surface area contributed by atoms with E-state index in [-0.39, 0.29) is 33.5 Å². The lowest BCUT2D eigenvalue weighted by molar-refractivity contribution is 0.0527. The summed E-state index contributed by atoms with van der Waals surface area (Å²) in [6, 6.07) is 0. The number of anilines is 1. The van der Waals surface area contributed by atoms with Gasteiger partial charge in [0, 0.05) is 34.4 Å². The molecule has 29 heavy (non-hydrogen) atoms. The van der Waals surface area contributed by atoms with E-state index in [1.165, 1.54) is 19.0 Å². The number of rotatable bonds is 5. The van der Waals surface area contributed by atoms with E-state index in [4.69, 9.17) is 4.74 Å². The average molecular weight is 422 g/mol. The third kappa shape index (κ3) is 4.14. The van der Waals surface area contributed by atoms with Crippen LogP contribution >= 0.6 is 11.3 Å². The molecule has 0 atom stereocenters. The molecule has 0 radical (unpaired) electrons. The molecule has 0 saturated carbocycles. The lowest BCUT2D eigenvalue weighted by Gasteiger charge is -2.09. The number of thiophene rings is 1. The van der Waals surface area contributed by atoms with Crippen LogP contribution in [0.25, 0.3) is 0 Å². The number of nitrogens with one attached hydrogen (secondary N) is 1. The van der Waals surface area contributed by atoms with Gasteiger partial charge in [-0.2, -0.15) is 0 Å². The molecule has 0 bridgehead atoms. The highest BCUT2D eigenvalue weighted by Gasteiger charge is 2.28. The van der Waals surface area contributed by atoms with E-state index >= 15 is 0 Å². The van der Waals surface area contributed by atoms with Crippen LogP contribution in [0.4, 0.5) is 5.00 Å². The summed E-state index contributed by atoms with van der Waals surface area (Å²) in [7, 11) is 5.80. The van der Waals surface area contributed by atoms with E-state index in [1.54, 1.807) is 27.9 Å². The Bertz CT molecular complexity index is 1110. The second-order valence-corrected chi connectivity index (χ2v) is 7.46. The molecule has 11 heteroatoms. The molecule has 0 aromatic carbocycles. The topological polar surface area (TPSA) is 120 Å². The summed E-state index contributed by atoms with van der Waals surface area (Å²) in [5, 5.41) is 2.61. The first-order chi connectivity index (χ1) is 13.5. The van der Waals surface area contributed by atoms with Crippen molar-refractivity contribution in [2.24, 2.45) is 14.1 Å². The summed E-state index contributed by atoms with van der Waals surface area (Å²) in [6.45, 7) is 3.33. The molecular weight excluding hydrogens is 400 g/mol. The molecule has 156 valence electrons. The maximum absolute atomic E-state index is 12.7. The van der Waals surface area contributed by atoms with Gasteiger partial charge in [0.05, 0.1) is 17.0 Å². The highest BCUT2D eigenvalue weighted by atomic mass is 32.1. The maximum atomic E-state index is 12.7. The van der Waals surface area contributed by atoms with Gasteiger partial charge in [-0.3, -0.25) is 19.0 Å². The molecule has 0 saturated heterocycles. The van der Waals surface area contributed by atoms with Crippen LogP contribution in [-0.2, 0) is 18.8 Å². The van der Waals surface area contributed by atoms with E-state index in [0.717, 1.165) is 26.7 Å². The fourth-order valence-corrected chi connectivity index (χ4v) is 3.80. The third-order valence-corrected chi connectivity index (χ3v) is 5.34. The first-order valence-electron chi connectivity index (χ1n) is 8.61. The average Bonchev–Trinajstić information content (AvgIpc) is 2.98. The van der Waals surface area contributed by atoms with Crippen molar-refractivity contribution in [2.45, 2.75) is 13.8 Å². The summed E-state index contributed by atoms with van der Waals surface area (Å²) < 4.78 is 6.96. The van der Waals surface area contributed by atoms with Crippen LogP contribution in [0.3, 0.4) is 0 Å². The predicted molar refractivity (Wildman–Crippen MR) is 108 cm³/mol. The number of ether oxygens (including phenoxy) is 1. The van der Waals surface area contributed by atoms with Crippen LogP contribution in [0.2, 0.25) is 0 Å². The molecule has 2 amide bonds. The van der Waals surface area contributed by atoms with Crippen molar-refractivity contribution >= 4 is 34.1 Å². The van der Waals surface area contributed by atoms with Gasteiger partial charge >= 0.3 is 11.7 Å². The Labute approximate surface area is 170 Å². The minimum Gasteiger partial charge on any atom is -0.462 e. The molecule has 0 spiro atoms. The van der Waals surface area contributed by atoms with Crippen molar-refractivity contribution in [3.05, 3.63) is 48.6 Å². The summed E-state index contributed by atoms with van der Waals surface area (Å²) in [5.41, 5.74) is -1.21. The molecule has 0 aliphatic heterocycles. The van der Waals surface area contributed by atoms with Crippen molar-refractivity contribution in [3.63, 3.8) is 0 Å². The molecule has 10 nitrogen and oxygen atoms in total. The molecule has 2 heterocycles. The summed E-state index contributed by atoms with van der Waals surface area (Å²) in [4.78, 5) is 63.3. The Morgan fingerprint density at radius 3 is 2.38 bits per heavy atom. The fraction of sp³-hybridized carbons (Fsp3) is 0.389. The Balaban J connectivity index is 2.57. The SMILES string of the molecule is CCOC(=O)c1c(NC(=O)c2cn(C)c(=O)n(C)c2=O)sc(C(=O)N(C)C)c1C. The zero-order valence-electron chi connectivity index (χ0n) is 17.0. The van der Waals surface area contributed by atoms with E-state index in [0.29, 0.717) is 5.56 Å². The zero-order chi connectivity index (χ0) is 22.0. The molecule has 0 aliphatic rings. The van der Waals surface area contributed by atoms with Gasteiger partial charge < -0.3 is 19.5 Å². The van der Waals surface area contributed by atoms with Crippen LogP contribution in [0, 0.1) is 6.92 Å². The number of hydrogen-bond acceptors (Lipinski definition) is 7. The van der Waals surface area contributed by atoms with Crippen molar-refractivity contribution in [1.29, 1.82) is 0 Å². The number of amides is 2. The van der Waals surface area contributed by atoms with Gasteiger partial charge in [0.15, 0.2) is 0 Å². The van der Waals surface area contributed by atoms with Gasteiger partial charge in [-0.15, -0.1) is 11.3 Å². The summed E-state index contributed by atoms with van der Waals surface area (Å²) in [6.07, 6.45) is 1.12. The van der Waals surface area contributed by atoms with Crippen LogP contribution in [0.5, 0.6) is 0 Å². The number of hydrogen-bond donors (Lipinski definition) is 1. The quantitative estimate of drug-likeness (QED) is 0.704. The van der Waals surface area contributed by atoms with Crippen molar-refractivity contribution in [2.75, 3.05) is 26.0 Å². The summed E-state index contributed by atoms with van der Waals surface area (Å²) in [5.74, 6) is -1.84. The fourth-order valence-electron chi connectivity index (χ4n) is 2.59. The molecule has 0 aliphatic carbocycles. The molecule has 2 rings (SSSR count). The Morgan fingerprint density at radius 2 is 1.83 bits per heavy atom. The Morgan fingerprint density at radius 1 is 1.21 bits per heavy atom. The smallest absolute Gasteiger partial charge is 0.341 e. The Hall–Kier alpha value is -3.21. The number of esters is 1. The molecule has 1 N–H and O–H groups in total. The maximum Gasteiger partial charge on any atom is 0.341 e. The van der Waals surface area contributed by atoms with E-state index < -0.39 is 23.1 Å². The standard InChI is InChI=1S/C18H22N4O6S/c1-7-28-17(26)11-9(2)12(16(25)20(3)4)29-14(11)19-13(23)10-8-21(5)18(27)22(6)15(10)24/h8H,7H2,1-6H3,(H,19,23). The molecule has 2 aromatic rings. The van der Waals surface area contributed by atoms with Gasteiger partial charge in [0.2, 0.25) is 0 Å². The van der Waals surface area contributed by atoms with E-state index in [1.807, 2.05) is 0 Å². The van der Waals surface area contributed by atoms with E-state index in [9.17, 15) is 24.0 Å². The normalized spacial score (nSPS) is 10.6. The van der Waals surface area contributed by atoms with Crippen LogP contribution < -0.4 is 16.6 Å². The van der Waals surface area contributed by atoms with E-state index in [2.05, 4.69) is 5.32 Å². The zero-order valence-corrected chi connectivity index (χ0v) is 17.8. The van der Waals surface area contributed by atoms with Crippen molar-refractivity contribution < 1.29 is 19.1 Å². The molecule has 0 unspecified atom stereocenters. The van der Waals surface area contributed by atoms with Gasteiger partial charge in [-0.1, -0.05) is 0 Å². The van der Waals surface area contributed by atoms with Crippen LogP contribution in [-0.4, -0.2) is 52.5 Å². The monoisotopic (exact) mass is 422 g/mol. The van der Waals surface area contributed by atoms with Gasteiger partial charge in [-0.25, -0.2) is 9.59 Å². The Kier molecular flexibility index (Phi) is 6.42. The highest BCUT2D eigenvalue weighted by Crippen LogP contribution is 2.34. The van der Waals surface area contributed by atoms with Gasteiger partial charge in [-0.05, 0) is 19.4 Å². The number of carbonyl (C=O) groups excluding carboxylic acids is 3. The lowest BCUT2D eigenvalue weighted by atomic mass is 10.1.